The van der Waals surface area contributed by atoms with Crippen LogP contribution in [0.3, 0.4) is 0 Å². The molecule has 1 aliphatic heterocycles. The van der Waals surface area contributed by atoms with Crippen LogP contribution in [0.5, 0.6) is 0 Å². The molecule has 2 amide bonds. The first kappa shape index (κ1) is 11.9. The van der Waals surface area contributed by atoms with Gasteiger partial charge in [-0.05, 0) is 18.8 Å². The van der Waals surface area contributed by atoms with Crippen molar-refractivity contribution in [3.05, 3.63) is 0 Å². The molecule has 1 aliphatic carbocycles. The molecule has 2 N–H and O–H groups in total. The van der Waals surface area contributed by atoms with Gasteiger partial charge in [-0.15, -0.1) is 0 Å². The summed E-state index contributed by atoms with van der Waals surface area (Å²) in [4.78, 5) is 35.2. The van der Waals surface area contributed by atoms with Crippen LogP contribution in [0.4, 0.5) is 0 Å². The Morgan fingerprint density at radius 1 is 1.41 bits per heavy atom. The molecule has 94 valence electrons. The van der Waals surface area contributed by atoms with Gasteiger partial charge >= 0.3 is 5.97 Å². The van der Waals surface area contributed by atoms with E-state index in [4.69, 9.17) is 5.11 Å². The highest BCUT2D eigenvalue weighted by atomic mass is 16.4. The lowest BCUT2D eigenvalue weighted by molar-refractivity contribution is -0.146. The number of carboxylic acid groups (broad SMARTS) is 1. The molecule has 6 heteroatoms. The predicted molar refractivity (Wildman–Crippen MR) is 58.1 cm³/mol. The summed E-state index contributed by atoms with van der Waals surface area (Å²) in [6, 6.07) is 0. The van der Waals surface area contributed by atoms with Crippen LogP contribution in [0.1, 0.15) is 19.3 Å². The monoisotopic (exact) mass is 240 g/mol. The number of hydrogen-bond acceptors (Lipinski definition) is 3. The lowest BCUT2D eigenvalue weighted by Crippen LogP contribution is -2.41. The summed E-state index contributed by atoms with van der Waals surface area (Å²) >= 11 is 0. The molecular formula is C11H16N2O4. The quantitative estimate of drug-likeness (QED) is 0.674. The Labute approximate surface area is 99.0 Å². The topological polar surface area (TPSA) is 86.7 Å². The van der Waals surface area contributed by atoms with Gasteiger partial charge in [0.15, 0.2) is 0 Å². The van der Waals surface area contributed by atoms with Crippen LogP contribution in [0.2, 0.25) is 0 Å². The third kappa shape index (κ3) is 3.18. The fraction of sp³-hybridized carbons (Fsp3) is 0.727. The van der Waals surface area contributed by atoms with Crippen LogP contribution in [-0.4, -0.2) is 47.4 Å². The lowest BCUT2D eigenvalue weighted by Gasteiger charge is -2.23. The second kappa shape index (κ2) is 4.73. The second-order valence-electron chi connectivity index (χ2n) is 4.76. The van der Waals surface area contributed by atoms with Crippen molar-refractivity contribution in [2.24, 2.45) is 11.8 Å². The minimum Gasteiger partial charge on any atom is -0.480 e. The third-order valence-electron chi connectivity index (χ3n) is 3.14. The van der Waals surface area contributed by atoms with Crippen molar-refractivity contribution in [1.82, 2.24) is 10.2 Å². The maximum Gasteiger partial charge on any atom is 0.323 e. The van der Waals surface area contributed by atoms with Gasteiger partial charge in [0.05, 0.1) is 5.92 Å². The highest BCUT2D eigenvalue weighted by Gasteiger charge is 2.34. The van der Waals surface area contributed by atoms with Gasteiger partial charge in [0, 0.05) is 19.5 Å². The van der Waals surface area contributed by atoms with Gasteiger partial charge in [-0.25, -0.2) is 0 Å². The standard InChI is InChI=1S/C11H16N2O4/c14-9-3-8(4-12-9)11(17)13(6-10(15)16)5-7-1-2-7/h7-8H,1-6H2,(H,12,14)(H,15,16). The molecule has 0 radical (unpaired) electrons. The molecule has 2 fully saturated rings. The summed E-state index contributed by atoms with van der Waals surface area (Å²) < 4.78 is 0. The van der Waals surface area contributed by atoms with E-state index in [-0.39, 0.29) is 30.7 Å². The van der Waals surface area contributed by atoms with Crippen LogP contribution in [0.15, 0.2) is 0 Å². The van der Waals surface area contributed by atoms with E-state index in [1.807, 2.05) is 0 Å². The first-order chi connectivity index (χ1) is 8.06. The summed E-state index contributed by atoms with van der Waals surface area (Å²) in [5.74, 6) is -1.29. The molecule has 2 aliphatic rings. The maximum absolute atomic E-state index is 12.1. The number of nitrogens with one attached hydrogen (secondary N) is 1. The number of carboxylic acids is 1. The number of aliphatic carboxylic acids is 1. The van der Waals surface area contributed by atoms with Crippen molar-refractivity contribution in [2.75, 3.05) is 19.6 Å². The largest absolute Gasteiger partial charge is 0.480 e. The van der Waals surface area contributed by atoms with Crippen LogP contribution in [0.25, 0.3) is 0 Å². The zero-order valence-electron chi connectivity index (χ0n) is 9.52. The predicted octanol–water partition coefficient (Wildman–Crippen LogP) is -0.554. The second-order valence-corrected chi connectivity index (χ2v) is 4.76. The Morgan fingerprint density at radius 3 is 2.59 bits per heavy atom. The maximum atomic E-state index is 12.1. The van der Waals surface area contributed by atoms with E-state index in [1.54, 1.807) is 0 Å². The number of rotatable bonds is 5. The highest BCUT2D eigenvalue weighted by Crippen LogP contribution is 2.30. The Balaban J connectivity index is 1.95. The van der Waals surface area contributed by atoms with Gasteiger partial charge in [0.2, 0.25) is 11.8 Å². The minimum atomic E-state index is -1.00. The van der Waals surface area contributed by atoms with E-state index in [2.05, 4.69) is 5.32 Å². The zero-order valence-corrected chi connectivity index (χ0v) is 9.52. The smallest absolute Gasteiger partial charge is 0.323 e. The van der Waals surface area contributed by atoms with Crippen LogP contribution in [-0.2, 0) is 14.4 Å². The fourth-order valence-electron chi connectivity index (χ4n) is 2.05. The van der Waals surface area contributed by atoms with Crippen molar-refractivity contribution < 1.29 is 19.5 Å². The molecule has 0 aromatic carbocycles. The first-order valence-electron chi connectivity index (χ1n) is 5.83. The van der Waals surface area contributed by atoms with E-state index >= 15 is 0 Å². The van der Waals surface area contributed by atoms with Crippen LogP contribution >= 0.6 is 0 Å². The Bertz CT molecular complexity index is 351. The SMILES string of the molecule is O=C(O)CN(CC1CC1)C(=O)C1CNC(=O)C1. The summed E-state index contributed by atoms with van der Waals surface area (Å²) in [6.45, 7) is 0.578. The Kier molecular flexibility index (Phi) is 3.31. The van der Waals surface area contributed by atoms with Crippen molar-refractivity contribution in [1.29, 1.82) is 0 Å². The highest BCUT2D eigenvalue weighted by molar-refractivity contribution is 5.90. The molecule has 17 heavy (non-hydrogen) atoms. The van der Waals surface area contributed by atoms with Gasteiger partial charge in [0.25, 0.3) is 0 Å². The van der Waals surface area contributed by atoms with E-state index in [0.717, 1.165) is 12.8 Å². The molecule has 1 saturated carbocycles. The van der Waals surface area contributed by atoms with Crippen molar-refractivity contribution in [2.45, 2.75) is 19.3 Å². The van der Waals surface area contributed by atoms with Gasteiger partial charge < -0.3 is 15.3 Å². The molecule has 0 spiro atoms. The normalized spacial score (nSPS) is 23.3. The van der Waals surface area contributed by atoms with Gasteiger partial charge in [-0.3, -0.25) is 14.4 Å². The average Bonchev–Trinajstić information content (AvgIpc) is 2.96. The minimum absolute atomic E-state index is 0.134. The molecule has 6 nitrogen and oxygen atoms in total. The molecule has 0 bridgehead atoms. The van der Waals surface area contributed by atoms with Crippen molar-refractivity contribution in [3.63, 3.8) is 0 Å². The van der Waals surface area contributed by atoms with Crippen molar-refractivity contribution in [3.8, 4) is 0 Å². The Hall–Kier alpha value is -1.59. The van der Waals surface area contributed by atoms with Crippen LogP contribution in [0, 0.1) is 11.8 Å². The molecule has 0 aromatic rings. The van der Waals surface area contributed by atoms with E-state index in [9.17, 15) is 14.4 Å². The van der Waals surface area contributed by atoms with Crippen molar-refractivity contribution >= 4 is 17.8 Å². The lowest BCUT2D eigenvalue weighted by atomic mass is 10.1. The number of carbonyl (C=O) groups is 3. The Morgan fingerprint density at radius 2 is 2.12 bits per heavy atom. The average molecular weight is 240 g/mol. The zero-order chi connectivity index (χ0) is 12.4. The molecule has 1 atom stereocenters. The number of amides is 2. The molecular weight excluding hydrogens is 224 g/mol. The van der Waals surface area contributed by atoms with Gasteiger partial charge in [0.1, 0.15) is 6.54 Å². The van der Waals surface area contributed by atoms with Gasteiger partial charge in [-0.1, -0.05) is 0 Å². The van der Waals surface area contributed by atoms with E-state index in [0.29, 0.717) is 19.0 Å². The van der Waals surface area contributed by atoms with Crippen LogP contribution < -0.4 is 5.32 Å². The fourth-order valence-corrected chi connectivity index (χ4v) is 2.05. The number of hydrogen-bond donors (Lipinski definition) is 2. The first-order valence-corrected chi connectivity index (χ1v) is 5.83. The van der Waals surface area contributed by atoms with E-state index in [1.165, 1.54) is 4.90 Å². The molecule has 2 rings (SSSR count). The molecule has 1 heterocycles. The van der Waals surface area contributed by atoms with E-state index < -0.39 is 5.97 Å². The summed E-state index contributed by atoms with van der Waals surface area (Å²) in [5.41, 5.74) is 0. The molecule has 1 saturated heterocycles. The molecule has 1 unspecified atom stereocenters. The third-order valence-corrected chi connectivity index (χ3v) is 3.14. The molecule has 0 aromatic heterocycles. The summed E-state index contributed by atoms with van der Waals surface area (Å²) in [6.07, 6.45) is 2.30. The number of carbonyl (C=O) groups excluding carboxylic acids is 2. The van der Waals surface area contributed by atoms with Gasteiger partial charge in [-0.2, -0.15) is 0 Å². The summed E-state index contributed by atoms with van der Waals surface area (Å²) in [7, 11) is 0. The number of nitrogens with zero attached hydrogens (tertiary/aromatic N) is 1. The summed E-state index contributed by atoms with van der Waals surface area (Å²) in [5, 5.41) is 11.4.